The van der Waals surface area contributed by atoms with Crippen molar-refractivity contribution >= 4 is 5.69 Å². The third-order valence-corrected chi connectivity index (χ3v) is 5.92. The molecule has 1 saturated carbocycles. The predicted octanol–water partition coefficient (Wildman–Crippen LogP) is 3.81. The van der Waals surface area contributed by atoms with Crippen LogP contribution in [0, 0.1) is 5.41 Å². The molecule has 1 aliphatic carbocycles. The third-order valence-electron chi connectivity index (χ3n) is 5.92. The lowest BCUT2D eigenvalue weighted by Crippen LogP contribution is -2.33. The summed E-state index contributed by atoms with van der Waals surface area (Å²) in [6.07, 6.45) is 6.74. The molecule has 110 valence electrons. The van der Waals surface area contributed by atoms with Crippen LogP contribution in [0.25, 0.3) is 0 Å². The molecule has 1 aromatic carbocycles. The van der Waals surface area contributed by atoms with Crippen molar-refractivity contribution in [2.45, 2.75) is 51.4 Å². The third kappa shape index (κ3) is 2.46. The summed E-state index contributed by atoms with van der Waals surface area (Å²) in [5.74, 6) is 0. The number of rotatable bonds is 5. The number of nitrogens with zero attached hydrogens (tertiary/aromatic N) is 1. The quantitative estimate of drug-likeness (QED) is 0.826. The molecule has 3 rings (SSSR count). The average Bonchev–Trinajstić information content (AvgIpc) is 3.13. The number of hydrogen-bond acceptors (Lipinski definition) is 2. The first-order chi connectivity index (χ1) is 9.61. The molecule has 0 unspecified atom stereocenters. The second kappa shape index (κ2) is 5.07. The van der Waals surface area contributed by atoms with E-state index in [1.807, 2.05) is 0 Å². The molecule has 2 N–H and O–H groups in total. The van der Waals surface area contributed by atoms with Gasteiger partial charge in [-0.15, -0.1) is 0 Å². The SMILES string of the molecule is CCC1(CC)CCN(CC2(c3ccc(N)cc3)CC2)C1. The molecule has 1 heterocycles. The minimum atomic E-state index is 0.436. The van der Waals surface area contributed by atoms with Gasteiger partial charge in [-0.3, -0.25) is 0 Å². The summed E-state index contributed by atoms with van der Waals surface area (Å²) in [6.45, 7) is 8.56. The minimum absolute atomic E-state index is 0.436. The van der Waals surface area contributed by atoms with Gasteiger partial charge < -0.3 is 10.6 Å². The molecule has 0 amide bonds. The first-order valence-corrected chi connectivity index (χ1v) is 8.20. The fraction of sp³-hybridized carbons (Fsp3) is 0.667. The van der Waals surface area contributed by atoms with E-state index in [2.05, 4.69) is 43.0 Å². The Morgan fingerprint density at radius 2 is 1.70 bits per heavy atom. The number of hydrogen-bond donors (Lipinski definition) is 1. The predicted molar refractivity (Wildman–Crippen MR) is 85.8 cm³/mol. The highest BCUT2D eigenvalue weighted by Crippen LogP contribution is 2.50. The second-order valence-electron chi connectivity index (χ2n) is 7.07. The van der Waals surface area contributed by atoms with Crippen molar-refractivity contribution in [3.63, 3.8) is 0 Å². The minimum Gasteiger partial charge on any atom is -0.399 e. The highest BCUT2D eigenvalue weighted by Gasteiger charge is 2.47. The van der Waals surface area contributed by atoms with E-state index in [1.165, 1.54) is 57.3 Å². The Labute approximate surface area is 123 Å². The van der Waals surface area contributed by atoms with Crippen LogP contribution in [0.3, 0.4) is 0 Å². The van der Waals surface area contributed by atoms with Gasteiger partial charge in [0.1, 0.15) is 0 Å². The van der Waals surface area contributed by atoms with Crippen LogP contribution in [0.2, 0.25) is 0 Å². The smallest absolute Gasteiger partial charge is 0.0314 e. The molecule has 2 fully saturated rings. The van der Waals surface area contributed by atoms with E-state index in [0.717, 1.165) is 5.69 Å². The summed E-state index contributed by atoms with van der Waals surface area (Å²) in [5, 5.41) is 0. The van der Waals surface area contributed by atoms with Gasteiger partial charge >= 0.3 is 0 Å². The molecule has 0 aromatic heterocycles. The van der Waals surface area contributed by atoms with E-state index in [0.29, 0.717) is 10.8 Å². The largest absolute Gasteiger partial charge is 0.399 e. The summed E-state index contributed by atoms with van der Waals surface area (Å²) in [6, 6.07) is 8.60. The highest BCUT2D eigenvalue weighted by atomic mass is 15.2. The average molecular weight is 272 g/mol. The number of anilines is 1. The van der Waals surface area contributed by atoms with Crippen LogP contribution in [-0.4, -0.2) is 24.5 Å². The van der Waals surface area contributed by atoms with Crippen LogP contribution in [0.15, 0.2) is 24.3 Å². The normalized spacial score (nSPS) is 23.9. The van der Waals surface area contributed by atoms with Gasteiger partial charge in [0.05, 0.1) is 0 Å². The molecule has 0 bridgehead atoms. The first-order valence-electron chi connectivity index (χ1n) is 8.20. The highest BCUT2D eigenvalue weighted by molar-refractivity contribution is 5.43. The van der Waals surface area contributed by atoms with E-state index in [-0.39, 0.29) is 0 Å². The second-order valence-corrected chi connectivity index (χ2v) is 7.07. The van der Waals surface area contributed by atoms with Crippen molar-refractivity contribution in [3.05, 3.63) is 29.8 Å². The zero-order chi connectivity index (χ0) is 14.2. The Morgan fingerprint density at radius 1 is 1.05 bits per heavy atom. The number of nitrogen functional groups attached to an aromatic ring is 1. The Kier molecular flexibility index (Phi) is 3.53. The zero-order valence-corrected chi connectivity index (χ0v) is 13.0. The Bertz CT molecular complexity index is 455. The van der Waals surface area contributed by atoms with E-state index >= 15 is 0 Å². The van der Waals surface area contributed by atoms with Crippen LogP contribution >= 0.6 is 0 Å². The van der Waals surface area contributed by atoms with E-state index < -0.39 is 0 Å². The van der Waals surface area contributed by atoms with Gasteiger partial charge in [-0.25, -0.2) is 0 Å². The summed E-state index contributed by atoms with van der Waals surface area (Å²) >= 11 is 0. The maximum absolute atomic E-state index is 5.82. The molecular weight excluding hydrogens is 244 g/mol. The van der Waals surface area contributed by atoms with Crippen LogP contribution in [0.4, 0.5) is 5.69 Å². The number of nitrogens with two attached hydrogens (primary N) is 1. The van der Waals surface area contributed by atoms with Gasteiger partial charge in [0.25, 0.3) is 0 Å². The topological polar surface area (TPSA) is 29.3 Å². The van der Waals surface area contributed by atoms with Gasteiger partial charge in [-0.1, -0.05) is 26.0 Å². The number of benzene rings is 1. The van der Waals surface area contributed by atoms with Crippen molar-refractivity contribution in [1.82, 2.24) is 4.90 Å². The van der Waals surface area contributed by atoms with Crippen molar-refractivity contribution in [3.8, 4) is 0 Å². The maximum Gasteiger partial charge on any atom is 0.0314 e. The van der Waals surface area contributed by atoms with E-state index in [1.54, 1.807) is 0 Å². The van der Waals surface area contributed by atoms with Crippen LogP contribution in [0.1, 0.15) is 51.5 Å². The van der Waals surface area contributed by atoms with E-state index in [4.69, 9.17) is 5.73 Å². The summed E-state index contributed by atoms with van der Waals surface area (Å²) in [4.78, 5) is 2.72. The molecule has 1 saturated heterocycles. The molecular formula is C18H28N2. The van der Waals surface area contributed by atoms with Crippen molar-refractivity contribution in [2.75, 3.05) is 25.4 Å². The molecule has 0 radical (unpaired) electrons. The van der Waals surface area contributed by atoms with Crippen molar-refractivity contribution in [2.24, 2.45) is 5.41 Å². The van der Waals surface area contributed by atoms with Crippen molar-refractivity contribution < 1.29 is 0 Å². The molecule has 2 heteroatoms. The molecule has 1 aromatic rings. The molecule has 2 nitrogen and oxygen atoms in total. The maximum atomic E-state index is 5.82. The van der Waals surface area contributed by atoms with Crippen LogP contribution in [-0.2, 0) is 5.41 Å². The first kappa shape index (κ1) is 13.9. The molecule has 2 aliphatic rings. The Hall–Kier alpha value is -1.02. The zero-order valence-electron chi connectivity index (χ0n) is 13.0. The van der Waals surface area contributed by atoms with Crippen molar-refractivity contribution in [1.29, 1.82) is 0 Å². The van der Waals surface area contributed by atoms with Gasteiger partial charge in [0.2, 0.25) is 0 Å². The fourth-order valence-electron chi connectivity index (χ4n) is 3.94. The summed E-state index contributed by atoms with van der Waals surface area (Å²) < 4.78 is 0. The molecule has 0 spiro atoms. The lowest BCUT2D eigenvalue weighted by molar-refractivity contribution is 0.228. The molecule has 0 atom stereocenters. The lowest BCUT2D eigenvalue weighted by Gasteiger charge is -2.28. The van der Waals surface area contributed by atoms with Gasteiger partial charge in [0, 0.05) is 24.2 Å². The van der Waals surface area contributed by atoms with Crippen LogP contribution < -0.4 is 5.73 Å². The van der Waals surface area contributed by atoms with Gasteiger partial charge in [-0.2, -0.15) is 0 Å². The summed E-state index contributed by atoms with van der Waals surface area (Å²) in [5.41, 5.74) is 9.22. The Balaban J connectivity index is 1.68. The number of likely N-dealkylation sites (tertiary alicyclic amines) is 1. The monoisotopic (exact) mass is 272 g/mol. The fourth-order valence-corrected chi connectivity index (χ4v) is 3.94. The Morgan fingerprint density at radius 3 is 2.20 bits per heavy atom. The lowest BCUT2D eigenvalue weighted by atomic mass is 9.82. The standard InChI is InChI=1S/C18H28N2/c1-3-17(4-2)11-12-20(13-17)14-18(9-10-18)15-5-7-16(19)8-6-15/h5-8H,3-4,9-14,19H2,1-2H3. The van der Waals surface area contributed by atoms with Gasteiger partial charge in [0.15, 0.2) is 0 Å². The van der Waals surface area contributed by atoms with Crippen LogP contribution in [0.5, 0.6) is 0 Å². The molecule has 20 heavy (non-hydrogen) atoms. The van der Waals surface area contributed by atoms with Gasteiger partial charge in [-0.05, 0) is 61.8 Å². The summed E-state index contributed by atoms with van der Waals surface area (Å²) in [7, 11) is 0. The van der Waals surface area contributed by atoms with E-state index in [9.17, 15) is 0 Å². The molecule has 1 aliphatic heterocycles.